The van der Waals surface area contributed by atoms with Crippen molar-refractivity contribution in [2.75, 3.05) is 0 Å². The highest BCUT2D eigenvalue weighted by atomic mass is 16.5. The number of hydrogen-bond donors (Lipinski definition) is 4. The summed E-state index contributed by atoms with van der Waals surface area (Å²) < 4.78 is 5.94. The van der Waals surface area contributed by atoms with E-state index in [4.69, 9.17) is 21.6 Å². The lowest BCUT2D eigenvalue weighted by atomic mass is 10.0. The Morgan fingerprint density at radius 3 is 2.67 bits per heavy atom. The standard InChI is InChI=1S/C20H25N5O2/c21-11-14(12-22)13-5-6-17(19(26)9-13)18-7-8-20(25-24-18)27-16-4-2-1-3-15(23)10-16/h5-9,11-12,15-16,21,26H,1-4,10,22-23H2/t15?,16-/m0/s1. The first-order chi connectivity index (χ1) is 13.1. The molecule has 7 heteroatoms. The molecule has 0 radical (unpaired) electrons. The summed E-state index contributed by atoms with van der Waals surface area (Å²) in [6.07, 6.45) is 7.63. The number of nitrogens with zero attached hydrogens (tertiary/aromatic N) is 2. The number of allylic oxidation sites excluding steroid dienone is 1. The minimum atomic E-state index is 0.0476. The molecule has 2 atom stereocenters. The molecule has 3 rings (SSSR count). The largest absolute Gasteiger partial charge is 0.507 e. The third kappa shape index (κ3) is 4.62. The molecule has 1 aromatic carbocycles. The molecule has 1 saturated carbocycles. The highest BCUT2D eigenvalue weighted by Crippen LogP contribution is 2.31. The van der Waals surface area contributed by atoms with E-state index in [1.54, 1.807) is 30.3 Å². The molecule has 0 saturated heterocycles. The molecule has 1 aliphatic carbocycles. The van der Waals surface area contributed by atoms with E-state index < -0.39 is 0 Å². The summed E-state index contributed by atoms with van der Waals surface area (Å²) in [4.78, 5) is 0. The Bertz CT molecular complexity index is 820. The van der Waals surface area contributed by atoms with Crippen LogP contribution in [0, 0.1) is 5.41 Å². The Balaban J connectivity index is 1.74. The summed E-state index contributed by atoms with van der Waals surface area (Å²) in [7, 11) is 0. The fourth-order valence-corrected chi connectivity index (χ4v) is 3.31. The molecule has 1 fully saturated rings. The van der Waals surface area contributed by atoms with Crippen LogP contribution in [0.1, 0.15) is 37.7 Å². The Labute approximate surface area is 158 Å². The van der Waals surface area contributed by atoms with E-state index in [9.17, 15) is 5.11 Å². The van der Waals surface area contributed by atoms with Crippen molar-refractivity contribution < 1.29 is 9.84 Å². The van der Waals surface area contributed by atoms with Crippen LogP contribution >= 0.6 is 0 Å². The van der Waals surface area contributed by atoms with E-state index in [0.29, 0.717) is 28.3 Å². The highest BCUT2D eigenvalue weighted by Gasteiger charge is 2.19. The van der Waals surface area contributed by atoms with Crippen LogP contribution in [0.15, 0.2) is 36.5 Å². The molecule has 7 nitrogen and oxygen atoms in total. The van der Waals surface area contributed by atoms with Crippen molar-refractivity contribution in [3.8, 4) is 22.9 Å². The molecule has 0 amide bonds. The van der Waals surface area contributed by atoms with Gasteiger partial charge >= 0.3 is 0 Å². The molecular formula is C20H25N5O2. The lowest BCUT2D eigenvalue weighted by Crippen LogP contribution is -2.27. The summed E-state index contributed by atoms with van der Waals surface area (Å²) in [6.45, 7) is 0. The first kappa shape index (κ1) is 18.8. The molecule has 2 aromatic rings. The van der Waals surface area contributed by atoms with E-state index in [1.807, 2.05) is 0 Å². The topological polar surface area (TPSA) is 131 Å². The second-order valence-electron chi connectivity index (χ2n) is 6.78. The molecule has 1 unspecified atom stereocenters. The van der Waals surface area contributed by atoms with Crippen LogP contribution in [0.5, 0.6) is 11.6 Å². The van der Waals surface area contributed by atoms with Gasteiger partial charge in [-0.1, -0.05) is 12.5 Å². The summed E-state index contributed by atoms with van der Waals surface area (Å²) >= 11 is 0. The third-order valence-electron chi connectivity index (χ3n) is 4.79. The van der Waals surface area contributed by atoms with Crippen LogP contribution in [-0.2, 0) is 0 Å². The van der Waals surface area contributed by atoms with E-state index in [0.717, 1.165) is 38.3 Å². The molecular weight excluding hydrogens is 342 g/mol. The van der Waals surface area contributed by atoms with E-state index >= 15 is 0 Å². The third-order valence-corrected chi connectivity index (χ3v) is 4.79. The van der Waals surface area contributed by atoms with E-state index in [1.165, 1.54) is 6.20 Å². The number of phenols is 1. The first-order valence-corrected chi connectivity index (χ1v) is 9.13. The molecule has 0 bridgehead atoms. The first-order valence-electron chi connectivity index (χ1n) is 9.13. The van der Waals surface area contributed by atoms with Gasteiger partial charge in [0.2, 0.25) is 5.88 Å². The number of nitrogens with one attached hydrogen (secondary N) is 1. The van der Waals surface area contributed by atoms with Crippen LogP contribution < -0.4 is 16.2 Å². The summed E-state index contributed by atoms with van der Waals surface area (Å²) in [6, 6.07) is 8.76. The van der Waals surface area contributed by atoms with Crippen LogP contribution in [0.3, 0.4) is 0 Å². The maximum atomic E-state index is 10.3. The van der Waals surface area contributed by atoms with Gasteiger partial charge in [0.1, 0.15) is 11.9 Å². The number of rotatable bonds is 5. The second kappa shape index (κ2) is 8.64. The number of aromatic hydroxyl groups is 1. The van der Waals surface area contributed by atoms with E-state index in [2.05, 4.69) is 10.2 Å². The Kier molecular flexibility index (Phi) is 6.03. The van der Waals surface area contributed by atoms with Crippen molar-refractivity contribution in [1.82, 2.24) is 10.2 Å². The molecule has 1 aliphatic rings. The number of benzene rings is 1. The minimum absolute atomic E-state index is 0.0476. The van der Waals surface area contributed by atoms with Gasteiger partial charge in [0.15, 0.2) is 0 Å². The molecule has 0 aliphatic heterocycles. The van der Waals surface area contributed by atoms with Crippen molar-refractivity contribution in [1.29, 1.82) is 5.41 Å². The smallest absolute Gasteiger partial charge is 0.233 e. The number of hydrogen-bond acceptors (Lipinski definition) is 7. The number of phenolic OH excluding ortho intramolecular Hbond substituents is 1. The maximum Gasteiger partial charge on any atom is 0.233 e. The Morgan fingerprint density at radius 2 is 2.00 bits per heavy atom. The zero-order valence-electron chi connectivity index (χ0n) is 15.1. The average molecular weight is 367 g/mol. The van der Waals surface area contributed by atoms with Crippen molar-refractivity contribution in [3.05, 3.63) is 42.1 Å². The van der Waals surface area contributed by atoms with Crippen LogP contribution in [0.2, 0.25) is 0 Å². The van der Waals surface area contributed by atoms with Gasteiger partial charge < -0.3 is 26.7 Å². The normalized spacial score (nSPS) is 20.7. The predicted molar refractivity (Wildman–Crippen MR) is 106 cm³/mol. The fraction of sp³-hybridized carbons (Fsp3) is 0.350. The van der Waals surface area contributed by atoms with Crippen molar-refractivity contribution >= 4 is 11.8 Å². The molecule has 6 N–H and O–H groups in total. The van der Waals surface area contributed by atoms with Gasteiger partial charge in [-0.25, -0.2) is 0 Å². The van der Waals surface area contributed by atoms with Gasteiger partial charge in [0.05, 0.1) is 5.69 Å². The predicted octanol–water partition coefficient (Wildman–Crippen LogP) is 2.84. The van der Waals surface area contributed by atoms with Gasteiger partial charge in [-0.05, 0) is 49.4 Å². The average Bonchev–Trinajstić information content (AvgIpc) is 2.87. The second-order valence-corrected chi connectivity index (χ2v) is 6.78. The zero-order valence-corrected chi connectivity index (χ0v) is 15.1. The number of nitrogens with two attached hydrogens (primary N) is 2. The van der Waals surface area contributed by atoms with Crippen molar-refractivity contribution in [2.24, 2.45) is 11.5 Å². The molecule has 1 aromatic heterocycles. The number of ether oxygens (including phenoxy) is 1. The minimum Gasteiger partial charge on any atom is -0.507 e. The van der Waals surface area contributed by atoms with Gasteiger partial charge in [-0.15, -0.1) is 10.2 Å². The van der Waals surface area contributed by atoms with Crippen molar-refractivity contribution in [2.45, 2.75) is 44.2 Å². The Morgan fingerprint density at radius 1 is 1.19 bits per heavy atom. The molecule has 27 heavy (non-hydrogen) atoms. The summed E-state index contributed by atoms with van der Waals surface area (Å²) in [5.74, 6) is 0.512. The Hall–Kier alpha value is -2.93. The highest BCUT2D eigenvalue weighted by molar-refractivity contribution is 6.08. The number of aromatic nitrogens is 2. The maximum absolute atomic E-state index is 10.3. The lowest BCUT2D eigenvalue weighted by molar-refractivity contribution is 0.169. The van der Waals surface area contributed by atoms with Gasteiger partial charge in [0, 0.05) is 35.7 Å². The quantitative estimate of drug-likeness (QED) is 0.475. The fourth-order valence-electron chi connectivity index (χ4n) is 3.31. The van der Waals surface area contributed by atoms with E-state index in [-0.39, 0.29) is 17.9 Å². The SMILES string of the molecule is N=CC(=CN)c1ccc(-c2ccc(O[C@H]3CCCCC(N)C3)nn2)c(O)c1. The monoisotopic (exact) mass is 367 g/mol. The van der Waals surface area contributed by atoms with Crippen LogP contribution in [0.25, 0.3) is 16.8 Å². The summed E-state index contributed by atoms with van der Waals surface area (Å²) in [5, 5.41) is 26.0. The van der Waals surface area contributed by atoms with Gasteiger partial charge in [-0.2, -0.15) is 0 Å². The van der Waals surface area contributed by atoms with Crippen LogP contribution in [-0.4, -0.2) is 33.7 Å². The summed E-state index contributed by atoms with van der Waals surface area (Å²) in [5.41, 5.74) is 13.8. The molecule has 142 valence electrons. The zero-order chi connectivity index (χ0) is 19.2. The van der Waals surface area contributed by atoms with Gasteiger partial charge in [-0.3, -0.25) is 0 Å². The molecule has 1 heterocycles. The molecule has 0 spiro atoms. The lowest BCUT2D eigenvalue weighted by Gasteiger charge is -2.18. The van der Waals surface area contributed by atoms with Crippen molar-refractivity contribution in [3.63, 3.8) is 0 Å². The van der Waals surface area contributed by atoms with Crippen LogP contribution in [0.4, 0.5) is 0 Å². The van der Waals surface area contributed by atoms with Gasteiger partial charge in [0.25, 0.3) is 0 Å².